The van der Waals surface area contributed by atoms with Gasteiger partial charge in [-0.05, 0) is 44.2 Å². The van der Waals surface area contributed by atoms with Gasteiger partial charge in [-0.25, -0.2) is 8.78 Å². The molecule has 1 atom stereocenters. The summed E-state index contributed by atoms with van der Waals surface area (Å²) in [5.74, 6) is -1.02. The predicted octanol–water partition coefficient (Wildman–Crippen LogP) is 4.75. The highest BCUT2D eigenvalue weighted by atomic mass is 32.1. The summed E-state index contributed by atoms with van der Waals surface area (Å²) in [6, 6.07) is 7.88. The second-order valence-electron chi connectivity index (χ2n) is 4.47. The molecule has 0 saturated heterocycles. The molecule has 0 aliphatic rings. The Balaban J connectivity index is 2.26. The van der Waals surface area contributed by atoms with Crippen molar-refractivity contribution in [2.75, 3.05) is 6.54 Å². The summed E-state index contributed by atoms with van der Waals surface area (Å²) < 4.78 is 27.4. The Morgan fingerprint density at radius 1 is 1.16 bits per heavy atom. The van der Waals surface area contributed by atoms with Crippen molar-refractivity contribution in [3.8, 4) is 10.4 Å². The van der Waals surface area contributed by atoms with Gasteiger partial charge in [0, 0.05) is 15.8 Å². The lowest BCUT2D eigenvalue weighted by Crippen LogP contribution is -2.18. The molecule has 1 nitrogen and oxygen atoms in total. The lowest BCUT2D eigenvalue weighted by atomic mass is 10.1. The number of hydrogen-bond acceptors (Lipinski definition) is 2. The molecular formula is C15H17F2NS. The Hall–Kier alpha value is -1.26. The maximum atomic E-state index is 13.7. The molecule has 19 heavy (non-hydrogen) atoms. The fourth-order valence-electron chi connectivity index (χ4n) is 1.91. The van der Waals surface area contributed by atoms with Crippen LogP contribution in [0.25, 0.3) is 10.4 Å². The van der Waals surface area contributed by atoms with E-state index in [1.165, 1.54) is 29.5 Å². The summed E-state index contributed by atoms with van der Waals surface area (Å²) in [5.41, 5.74) is 0.0708. The van der Waals surface area contributed by atoms with Crippen LogP contribution >= 0.6 is 11.3 Å². The molecule has 2 rings (SSSR count). The molecule has 0 saturated carbocycles. The van der Waals surface area contributed by atoms with E-state index in [0.717, 1.165) is 17.8 Å². The van der Waals surface area contributed by atoms with Crippen LogP contribution in [0, 0.1) is 11.6 Å². The Morgan fingerprint density at radius 3 is 2.47 bits per heavy atom. The van der Waals surface area contributed by atoms with E-state index in [1.807, 2.05) is 6.07 Å². The van der Waals surface area contributed by atoms with Gasteiger partial charge in [-0.3, -0.25) is 0 Å². The number of rotatable bonds is 5. The van der Waals surface area contributed by atoms with Gasteiger partial charge in [0.2, 0.25) is 0 Å². The third-order valence-corrected chi connectivity index (χ3v) is 4.25. The van der Waals surface area contributed by atoms with Crippen LogP contribution in [0.5, 0.6) is 0 Å². The van der Waals surface area contributed by atoms with Crippen molar-refractivity contribution in [1.29, 1.82) is 0 Å². The third-order valence-electron chi connectivity index (χ3n) is 2.96. The van der Waals surface area contributed by atoms with E-state index in [4.69, 9.17) is 0 Å². The van der Waals surface area contributed by atoms with Crippen LogP contribution in [0.1, 0.15) is 31.2 Å². The van der Waals surface area contributed by atoms with Crippen LogP contribution in [0.4, 0.5) is 8.78 Å². The molecule has 1 N–H and O–H groups in total. The molecule has 1 aromatic heterocycles. The Bertz CT molecular complexity index is 531. The quantitative estimate of drug-likeness (QED) is 0.833. The maximum Gasteiger partial charge on any atom is 0.134 e. The number of hydrogen-bond donors (Lipinski definition) is 1. The fourth-order valence-corrected chi connectivity index (χ4v) is 3.00. The molecule has 0 spiro atoms. The van der Waals surface area contributed by atoms with Crippen molar-refractivity contribution in [3.05, 3.63) is 46.8 Å². The molecule has 0 fully saturated rings. The summed E-state index contributed by atoms with van der Waals surface area (Å²) in [7, 11) is 0. The smallest absolute Gasteiger partial charge is 0.134 e. The summed E-state index contributed by atoms with van der Waals surface area (Å²) in [5, 5.41) is 3.37. The standard InChI is InChI=1S/C15H17F2NS/c1-3-9-18-10(2)13-7-8-14(19-13)15-11(16)5-4-6-12(15)17/h4-8,10,18H,3,9H2,1-2H3. The molecule has 1 unspecified atom stereocenters. The van der Waals surface area contributed by atoms with Gasteiger partial charge in [0.1, 0.15) is 11.6 Å². The highest BCUT2D eigenvalue weighted by Gasteiger charge is 2.15. The number of nitrogens with one attached hydrogen (secondary N) is 1. The number of halogens is 2. The van der Waals surface area contributed by atoms with Crippen LogP contribution in [0.15, 0.2) is 30.3 Å². The van der Waals surface area contributed by atoms with Gasteiger partial charge < -0.3 is 5.32 Å². The highest BCUT2D eigenvalue weighted by molar-refractivity contribution is 7.15. The zero-order valence-electron chi connectivity index (χ0n) is 11.0. The van der Waals surface area contributed by atoms with E-state index >= 15 is 0 Å². The van der Waals surface area contributed by atoms with Crippen LogP contribution in [0.2, 0.25) is 0 Å². The summed E-state index contributed by atoms with van der Waals surface area (Å²) >= 11 is 1.43. The molecule has 1 heterocycles. The monoisotopic (exact) mass is 281 g/mol. The first kappa shape index (κ1) is 14.2. The Kier molecular flexibility index (Phi) is 4.66. The van der Waals surface area contributed by atoms with E-state index in [0.29, 0.717) is 4.88 Å². The normalized spacial score (nSPS) is 12.6. The van der Waals surface area contributed by atoms with E-state index in [-0.39, 0.29) is 11.6 Å². The van der Waals surface area contributed by atoms with Gasteiger partial charge in [0.25, 0.3) is 0 Å². The van der Waals surface area contributed by atoms with Crippen LogP contribution in [-0.4, -0.2) is 6.54 Å². The lowest BCUT2D eigenvalue weighted by molar-refractivity contribution is 0.578. The van der Waals surface area contributed by atoms with Crippen LogP contribution in [-0.2, 0) is 0 Å². The average molecular weight is 281 g/mol. The lowest BCUT2D eigenvalue weighted by Gasteiger charge is -2.10. The minimum absolute atomic E-state index is 0.0708. The third kappa shape index (κ3) is 3.19. The van der Waals surface area contributed by atoms with Crippen molar-refractivity contribution >= 4 is 11.3 Å². The predicted molar refractivity (Wildman–Crippen MR) is 76.4 cm³/mol. The zero-order valence-corrected chi connectivity index (χ0v) is 11.9. The molecule has 102 valence electrons. The van der Waals surface area contributed by atoms with E-state index in [2.05, 4.69) is 19.2 Å². The Labute approximate surface area is 116 Å². The van der Waals surface area contributed by atoms with Crippen molar-refractivity contribution in [2.45, 2.75) is 26.3 Å². The highest BCUT2D eigenvalue weighted by Crippen LogP contribution is 2.34. The van der Waals surface area contributed by atoms with E-state index in [1.54, 1.807) is 6.07 Å². The zero-order chi connectivity index (χ0) is 13.8. The molecular weight excluding hydrogens is 264 g/mol. The van der Waals surface area contributed by atoms with Crippen molar-refractivity contribution < 1.29 is 8.78 Å². The van der Waals surface area contributed by atoms with Gasteiger partial charge in [0.05, 0.1) is 5.56 Å². The molecule has 0 amide bonds. The van der Waals surface area contributed by atoms with Crippen LogP contribution in [0.3, 0.4) is 0 Å². The van der Waals surface area contributed by atoms with Gasteiger partial charge in [-0.15, -0.1) is 11.3 Å². The summed E-state index contributed by atoms with van der Waals surface area (Å²) in [6.07, 6.45) is 1.06. The Morgan fingerprint density at radius 2 is 1.84 bits per heavy atom. The second-order valence-corrected chi connectivity index (χ2v) is 5.59. The van der Waals surface area contributed by atoms with Gasteiger partial charge in [-0.2, -0.15) is 0 Å². The molecule has 0 aliphatic heterocycles. The van der Waals surface area contributed by atoms with Crippen LogP contribution < -0.4 is 5.32 Å². The molecule has 0 aliphatic carbocycles. The van der Waals surface area contributed by atoms with Crippen molar-refractivity contribution in [1.82, 2.24) is 5.32 Å². The van der Waals surface area contributed by atoms with Gasteiger partial charge in [0.15, 0.2) is 0 Å². The molecule has 2 aromatic rings. The second kappa shape index (κ2) is 6.26. The minimum atomic E-state index is -0.512. The van der Waals surface area contributed by atoms with Crippen molar-refractivity contribution in [3.63, 3.8) is 0 Å². The first-order chi connectivity index (χ1) is 9.13. The SMILES string of the molecule is CCCNC(C)c1ccc(-c2c(F)cccc2F)s1. The first-order valence-corrected chi connectivity index (χ1v) is 7.22. The average Bonchev–Trinajstić information content (AvgIpc) is 2.85. The number of thiophene rings is 1. The van der Waals surface area contributed by atoms with Gasteiger partial charge in [-0.1, -0.05) is 13.0 Å². The van der Waals surface area contributed by atoms with E-state index < -0.39 is 11.6 Å². The maximum absolute atomic E-state index is 13.7. The molecule has 1 aromatic carbocycles. The first-order valence-electron chi connectivity index (χ1n) is 6.41. The molecule has 0 radical (unpaired) electrons. The molecule has 4 heteroatoms. The van der Waals surface area contributed by atoms with Crippen molar-refractivity contribution in [2.24, 2.45) is 0 Å². The summed E-state index contributed by atoms with van der Waals surface area (Å²) in [4.78, 5) is 1.72. The fraction of sp³-hybridized carbons (Fsp3) is 0.333. The number of benzene rings is 1. The van der Waals surface area contributed by atoms with Gasteiger partial charge >= 0.3 is 0 Å². The molecule has 0 bridgehead atoms. The minimum Gasteiger partial charge on any atom is -0.309 e. The topological polar surface area (TPSA) is 12.0 Å². The van der Waals surface area contributed by atoms with E-state index in [9.17, 15) is 8.78 Å². The largest absolute Gasteiger partial charge is 0.309 e. The summed E-state index contributed by atoms with van der Waals surface area (Å²) in [6.45, 7) is 5.10.